The fourth-order valence-corrected chi connectivity index (χ4v) is 3.69. The van der Waals surface area contributed by atoms with E-state index < -0.39 is 0 Å². The molecule has 2 unspecified atom stereocenters. The van der Waals surface area contributed by atoms with Crippen LogP contribution in [0.25, 0.3) is 0 Å². The quantitative estimate of drug-likeness (QED) is 0.894. The highest BCUT2D eigenvalue weighted by molar-refractivity contribution is 9.10. The molecule has 0 saturated carbocycles. The minimum absolute atomic E-state index is 0.641. The Morgan fingerprint density at radius 3 is 3.06 bits per heavy atom. The van der Waals surface area contributed by atoms with E-state index in [0.29, 0.717) is 6.04 Å². The summed E-state index contributed by atoms with van der Waals surface area (Å²) in [4.78, 5) is 2.67. The minimum Gasteiger partial charge on any atom is -0.381 e. The molecule has 98 valence electrons. The summed E-state index contributed by atoms with van der Waals surface area (Å²) in [5.74, 6) is 0. The summed E-state index contributed by atoms with van der Waals surface area (Å²) in [7, 11) is 0. The Bertz CT molecular complexity index is 433. The van der Waals surface area contributed by atoms with E-state index in [4.69, 9.17) is 0 Å². The van der Waals surface area contributed by atoms with Gasteiger partial charge in [-0.25, -0.2) is 0 Å². The van der Waals surface area contributed by atoms with Crippen molar-refractivity contribution >= 4 is 21.6 Å². The number of hydrogen-bond acceptors (Lipinski definition) is 2. The number of nitrogens with one attached hydrogen (secondary N) is 1. The normalized spacial score (nSPS) is 28.1. The van der Waals surface area contributed by atoms with Crippen molar-refractivity contribution in [1.29, 1.82) is 0 Å². The molecule has 2 fully saturated rings. The number of rotatable bonds is 2. The van der Waals surface area contributed by atoms with Gasteiger partial charge in [-0.15, -0.1) is 0 Å². The highest BCUT2D eigenvalue weighted by Gasteiger charge is 2.31. The molecule has 2 aliphatic heterocycles. The summed E-state index contributed by atoms with van der Waals surface area (Å²) >= 11 is 3.64. The molecule has 18 heavy (non-hydrogen) atoms. The average molecular weight is 309 g/mol. The van der Waals surface area contributed by atoms with Gasteiger partial charge >= 0.3 is 0 Å². The Labute approximate surface area is 118 Å². The van der Waals surface area contributed by atoms with Gasteiger partial charge < -0.3 is 10.2 Å². The smallest absolute Gasteiger partial charge is 0.0489 e. The summed E-state index contributed by atoms with van der Waals surface area (Å²) in [5, 5.41) is 3.73. The number of nitrogens with zero attached hydrogens (tertiary/aromatic N) is 1. The van der Waals surface area contributed by atoms with Crippen LogP contribution in [-0.2, 0) is 0 Å². The molecule has 2 atom stereocenters. The monoisotopic (exact) mass is 308 g/mol. The van der Waals surface area contributed by atoms with Gasteiger partial charge in [0.05, 0.1) is 0 Å². The first-order valence-corrected chi connectivity index (χ1v) is 7.78. The van der Waals surface area contributed by atoms with Gasteiger partial charge in [-0.05, 0) is 72.8 Å². The zero-order chi connectivity index (χ0) is 12.5. The summed E-state index contributed by atoms with van der Waals surface area (Å²) in [5.41, 5.74) is 2.57. The van der Waals surface area contributed by atoms with E-state index in [1.165, 1.54) is 54.5 Å². The number of aryl methyl sites for hydroxylation is 1. The zero-order valence-corrected chi connectivity index (χ0v) is 12.5. The van der Waals surface area contributed by atoms with Crippen LogP contribution in [0.15, 0.2) is 22.7 Å². The van der Waals surface area contributed by atoms with Gasteiger partial charge in [-0.2, -0.15) is 0 Å². The Balaban J connectivity index is 1.67. The molecule has 0 radical (unpaired) electrons. The summed E-state index contributed by atoms with van der Waals surface area (Å²) in [6.07, 6.45) is 5.37. The lowest BCUT2D eigenvalue weighted by Gasteiger charge is -2.35. The SMILES string of the molecule is Cc1ccc(Br)c(NC2CCN3CCCC3C2)c1. The molecule has 1 aromatic rings. The average Bonchev–Trinajstić information content (AvgIpc) is 2.81. The maximum atomic E-state index is 3.73. The highest BCUT2D eigenvalue weighted by atomic mass is 79.9. The third-order valence-corrected chi connectivity index (χ3v) is 4.99. The summed E-state index contributed by atoms with van der Waals surface area (Å²) < 4.78 is 1.18. The summed E-state index contributed by atoms with van der Waals surface area (Å²) in [6.45, 7) is 4.74. The van der Waals surface area contributed by atoms with E-state index in [0.717, 1.165) is 6.04 Å². The number of hydrogen-bond donors (Lipinski definition) is 1. The second-order valence-corrected chi connectivity index (χ2v) is 6.54. The van der Waals surface area contributed by atoms with Crippen molar-refractivity contribution in [3.8, 4) is 0 Å². The predicted octanol–water partition coefficient (Wildman–Crippen LogP) is 3.80. The molecule has 3 heteroatoms. The van der Waals surface area contributed by atoms with Crippen LogP contribution in [-0.4, -0.2) is 30.1 Å². The molecule has 1 N–H and O–H groups in total. The fourth-order valence-electron chi connectivity index (χ4n) is 3.33. The standard InChI is InChI=1S/C15H21BrN2/c1-11-4-5-14(16)15(9-11)17-12-6-8-18-7-2-3-13(18)10-12/h4-5,9,12-13,17H,2-3,6-8,10H2,1H3. The second kappa shape index (κ2) is 5.22. The molecule has 1 aromatic carbocycles. The van der Waals surface area contributed by atoms with Crippen molar-refractivity contribution in [3.05, 3.63) is 28.2 Å². The zero-order valence-electron chi connectivity index (χ0n) is 11.0. The Hall–Kier alpha value is -0.540. The maximum absolute atomic E-state index is 3.73. The van der Waals surface area contributed by atoms with E-state index in [1.54, 1.807) is 0 Å². The molecule has 0 spiro atoms. The van der Waals surface area contributed by atoms with Crippen LogP contribution in [0, 0.1) is 6.92 Å². The molecule has 0 bridgehead atoms. The first-order chi connectivity index (χ1) is 8.72. The highest BCUT2D eigenvalue weighted by Crippen LogP contribution is 2.30. The van der Waals surface area contributed by atoms with Crippen LogP contribution in [0.3, 0.4) is 0 Å². The van der Waals surface area contributed by atoms with Crippen molar-refractivity contribution in [2.24, 2.45) is 0 Å². The number of benzene rings is 1. The lowest BCUT2D eigenvalue weighted by Crippen LogP contribution is -2.42. The molecule has 3 rings (SSSR count). The van der Waals surface area contributed by atoms with E-state index in [2.05, 4.69) is 51.3 Å². The molecule has 2 saturated heterocycles. The number of piperidine rings is 1. The second-order valence-electron chi connectivity index (χ2n) is 5.68. The molecule has 0 aromatic heterocycles. The van der Waals surface area contributed by atoms with E-state index in [9.17, 15) is 0 Å². The Morgan fingerprint density at radius 1 is 1.28 bits per heavy atom. The van der Waals surface area contributed by atoms with Crippen LogP contribution in [0.5, 0.6) is 0 Å². The number of halogens is 1. The van der Waals surface area contributed by atoms with Gasteiger partial charge in [0, 0.05) is 28.8 Å². The van der Waals surface area contributed by atoms with Crippen LogP contribution >= 0.6 is 15.9 Å². The molecule has 2 heterocycles. The van der Waals surface area contributed by atoms with Crippen LogP contribution in [0.2, 0.25) is 0 Å². The largest absolute Gasteiger partial charge is 0.381 e. The Morgan fingerprint density at radius 2 is 2.17 bits per heavy atom. The molecule has 0 aliphatic carbocycles. The number of fused-ring (bicyclic) bond motifs is 1. The van der Waals surface area contributed by atoms with Gasteiger partial charge in [0.25, 0.3) is 0 Å². The summed E-state index contributed by atoms with van der Waals surface area (Å²) in [6, 6.07) is 8.00. The first kappa shape index (κ1) is 12.5. The van der Waals surface area contributed by atoms with Gasteiger partial charge in [0.15, 0.2) is 0 Å². The third kappa shape index (κ3) is 2.57. The van der Waals surface area contributed by atoms with E-state index in [1.807, 2.05) is 0 Å². The van der Waals surface area contributed by atoms with Crippen molar-refractivity contribution in [3.63, 3.8) is 0 Å². The van der Waals surface area contributed by atoms with Gasteiger partial charge in [-0.3, -0.25) is 0 Å². The lowest BCUT2D eigenvalue weighted by molar-refractivity contribution is 0.188. The predicted molar refractivity (Wildman–Crippen MR) is 80.1 cm³/mol. The minimum atomic E-state index is 0.641. The van der Waals surface area contributed by atoms with Crippen molar-refractivity contribution < 1.29 is 0 Å². The maximum Gasteiger partial charge on any atom is 0.0489 e. The van der Waals surface area contributed by atoms with Crippen LogP contribution in [0.4, 0.5) is 5.69 Å². The van der Waals surface area contributed by atoms with Gasteiger partial charge in [-0.1, -0.05) is 6.07 Å². The van der Waals surface area contributed by atoms with Crippen molar-refractivity contribution in [2.45, 2.75) is 44.7 Å². The van der Waals surface area contributed by atoms with Gasteiger partial charge in [0.1, 0.15) is 0 Å². The van der Waals surface area contributed by atoms with Gasteiger partial charge in [0.2, 0.25) is 0 Å². The van der Waals surface area contributed by atoms with Crippen molar-refractivity contribution in [1.82, 2.24) is 4.90 Å². The topological polar surface area (TPSA) is 15.3 Å². The van der Waals surface area contributed by atoms with E-state index in [-0.39, 0.29) is 0 Å². The Kier molecular flexibility index (Phi) is 3.62. The van der Waals surface area contributed by atoms with Crippen LogP contribution < -0.4 is 5.32 Å². The fraction of sp³-hybridized carbons (Fsp3) is 0.600. The molecule has 2 nitrogen and oxygen atoms in total. The van der Waals surface area contributed by atoms with Crippen molar-refractivity contribution in [2.75, 3.05) is 18.4 Å². The molecule has 2 aliphatic rings. The third-order valence-electron chi connectivity index (χ3n) is 4.30. The number of anilines is 1. The molecular weight excluding hydrogens is 288 g/mol. The van der Waals surface area contributed by atoms with Crippen LogP contribution in [0.1, 0.15) is 31.2 Å². The van der Waals surface area contributed by atoms with E-state index >= 15 is 0 Å². The molecular formula is C15H21BrN2. The molecule has 0 amide bonds. The first-order valence-electron chi connectivity index (χ1n) is 6.99. The lowest BCUT2D eigenvalue weighted by atomic mass is 9.97.